The van der Waals surface area contributed by atoms with Crippen molar-refractivity contribution < 1.29 is 18.7 Å². The van der Waals surface area contributed by atoms with E-state index in [-0.39, 0.29) is 35.7 Å². The summed E-state index contributed by atoms with van der Waals surface area (Å²) >= 11 is 0. The van der Waals surface area contributed by atoms with Crippen molar-refractivity contribution in [2.75, 3.05) is 7.11 Å². The van der Waals surface area contributed by atoms with Gasteiger partial charge in [-0.3, -0.25) is 4.79 Å². The van der Waals surface area contributed by atoms with Gasteiger partial charge in [0.15, 0.2) is 8.32 Å². The molecule has 126 valence electrons. The van der Waals surface area contributed by atoms with Gasteiger partial charge in [-0.05, 0) is 30.1 Å². The molecule has 1 fully saturated rings. The normalized spacial score (nSPS) is 26.6. The van der Waals surface area contributed by atoms with Gasteiger partial charge in [0.05, 0.1) is 25.7 Å². The second kappa shape index (κ2) is 7.11. The van der Waals surface area contributed by atoms with Crippen LogP contribution in [0.5, 0.6) is 0 Å². The molecule has 1 aliphatic heterocycles. The highest BCUT2D eigenvalue weighted by Crippen LogP contribution is 2.40. The molecule has 1 aliphatic rings. The number of carbonyl (C=O) groups excluding carboxylic acids is 1. The zero-order valence-corrected chi connectivity index (χ0v) is 15.8. The minimum Gasteiger partial charge on any atom is -0.469 e. The highest BCUT2D eigenvalue weighted by Gasteiger charge is 2.43. The maximum atomic E-state index is 11.4. The minimum atomic E-state index is -1.93. The van der Waals surface area contributed by atoms with E-state index in [9.17, 15) is 4.79 Å². The van der Waals surface area contributed by atoms with Crippen LogP contribution in [-0.2, 0) is 18.7 Å². The molecule has 1 saturated heterocycles. The molecule has 1 rings (SSSR count). The molecule has 3 atom stereocenters. The Bertz CT molecular complexity index is 436. The Balaban J connectivity index is 2.84. The molecular formula is C17H30O4Si. The Morgan fingerprint density at radius 2 is 2.05 bits per heavy atom. The molecule has 0 radical (unpaired) electrons. The maximum Gasteiger partial charge on any atom is 0.308 e. The largest absolute Gasteiger partial charge is 0.469 e. The van der Waals surface area contributed by atoms with Gasteiger partial charge in [0.1, 0.15) is 6.10 Å². The Morgan fingerprint density at radius 1 is 1.45 bits per heavy atom. The van der Waals surface area contributed by atoms with Gasteiger partial charge < -0.3 is 13.9 Å². The van der Waals surface area contributed by atoms with Crippen LogP contribution in [0.2, 0.25) is 18.1 Å². The van der Waals surface area contributed by atoms with Crippen molar-refractivity contribution in [1.29, 1.82) is 0 Å². The van der Waals surface area contributed by atoms with Gasteiger partial charge in [0.2, 0.25) is 0 Å². The van der Waals surface area contributed by atoms with Gasteiger partial charge in [0, 0.05) is 0 Å². The number of esters is 1. The fraction of sp³-hybridized carbons (Fsp3) is 0.706. The fourth-order valence-electron chi connectivity index (χ4n) is 2.20. The van der Waals surface area contributed by atoms with E-state index in [1.807, 2.05) is 0 Å². The quantitative estimate of drug-likeness (QED) is 0.437. The molecule has 0 aromatic heterocycles. The van der Waals surface area contributed by atoms with Crippen molar-refractivity contribution in [1.82, 2.24) is 0 Å². The van der Waals surface area contributed by atoms with Crippen molar-refractivity contribution in [2.24, 2.45) is 0 Å². The molecule has 0 amide bonds. The summed E-state index contributed by atoms with van der Waals surface area (Å²) < 4.78 is 17.1. The van der Waals surface area contributed by atoms with E-state index in [2.05, 4.69) is 47.0 Å². The standard InChI is InChI=1S/C17H30O4Si/c1-9-14-16(21-22(7,8)17(3,4)5)12(2)10-13(20-14)11-15(18)19-6/h9,13-14,16H,1-2,10-11H2,3-8H3/t13-,14+,16-/m0/s1. The highest BCUT2D eigenvalue weighted by atomic mass is 28.4. The van der Waals surface area contributed by atoms with E-state index in [1.165, 1.54) is 7.11 Å². The predicted octanol–water partition coefficient (Wildman–Crippen LogP) is 3.84. The molecule has 0 aromatic carbocycles. The lowest BCUT2D eigenvalue weighted by molar-refractivity contribution is -0.146. The van der Waals surface area contributed by atoms with E-state index in [4.69, 9.17) is 13.9 Å². The third kappa shape index (κ3) is 4.54. The second-order valence-corrected chi connectivity index (χ2v) is 12.2. The van der Waals surface area contributed by atoms with Crippen LogP contribution >= 0.6 is 0 Å². The smallest absolute Gasteiger partial charge is 0.308 e. The first-order valence-corrected chi connectivity index (χ1v) is 10.6. The van der Waals surface area contributed by atoms with Crippen molar-refractivity contribution in [2.45, 2.75) is 70.1 Å². The summed E-state index contributed by atoms with van der Waals surface area (Å²) in [5, 5.41) is 0.113. The number of hydrogen-bond donors (Lipinski definition) is 0. The third-order valence-electron chi connectivity index (χ3n) is 4.62. The van der Waals surface area contributed by atoms with Crippen LogP contribution in [0.15, 0.2) is 24.8 Å². The first kappa shape index (κ1) is 19.1. The third-order valence-corrected chi connectivity index (χ3v) is 9.08. The van der Waals surface area contributed by atoms with Gasteiger partial charge >= 0.3 is 5.97 Å². The summed E-state index contributed by atoms with van der Waals surface area (Å²) in [6, 6.07) is 0. The molecule has 0 spiro atoms. The van der Waals surface area contributed by atoms with Crippen molar-refractivity contribution in [3.05, 3.63) is 24.8 Å². The lowest BCUT2D eigenvalue weighted by atomic mass is 9.95. The van der Waals surface area contributed by atoms with E-state index in [1.54, 1.807) is 6.08 Å². The van der Waals surface area contributed by atoms with Gasteiger partial charge in [0.25, 0.3) is 0 Å². The SMILES string of the molecule is C=C[C@H]1O[C@H](CC(=O)OC)CC(=C)[C@@H]1O[Si](C)(C)C(C)(C)C. The number of ether oxygens (including phenoxy) is 2. The molecule has 0 saturated carbocycles. The van der Waals surface area contributed by atoms with Crippen molar-refractivity contribution >= 4 is 14.3 Å². The molecule has 0 unspecified atom stereocenters. The van der Waals surface area contributed by atoms with E-state index in [0.717, 1.165) is 5.57 Å². The molecule has 4 nitrogen and oxygen atoms in total. The molecule has 22 heavy (non-hydrogen) atoms. The zero-order chi connectivity index (χ0) is 17.1. The lowest BCUT2D eigenvalue weighted by Crippen LogP contribution is -2.50. The van der Waals surface area contributed by atoms with Crippen LogP contribution in [-0.4, -0.2) is 39.7 Å². The Morgan fingerprint density at radius 3 is 2.50 bits per heavy atom. The summed E-state index contributed by atoms with van der Waals surface area (Å²) in [5.74, 6) is -0.274. The van der Waals surface area contributed by atoms with Gasteiger partial charge in [-0.25, -0.2) is 0 Å². The topological polar surface area (TPSA) is 44.8 Å². The van der Waals surface area contributed by atoms with Gasteiger partial charge in [-0.15, -0.1) is 6.58 Å². The average Bonchev–Trinajstić information content (AvgIpc) is 2.39. The monoisotopic (exact) mass is 326 g/mol. The van der Waals surface area contributed by atoms with Crippen molar-refractivity contribution in [3.8, 4) is 0 Å². The zero-order valence-electron chi connectivity index (χ0n) is 14.8. The average molecular weight is 327 g/mol. The molecule has 0 N–H and O–H groups in total. The van der Waals surface area contributed by atoms with E-state index in [0.29, 0.717) is 6.42 Å². The number of hydrogen-bond acceptors (Lipinski definition) is 4. The van der Waals surface area contributed by atoms with Gasteiger partial charge in [-0.1, -0.05) is 33.4 Å². The number of methoxy groups -OCH3 is 1. The molecule has 0 bridgehead atoms. The number of rotatable bonds is 5. The minimum absolute atomic E-state index is 0.113. The molecule has 0 aromatic rings. The van der Waals surface area contributed by atoms with Crippen LogP contribution in [0.1, 0.15) is 33.6 Å². The summed E-state index contributed by atoms with van der Waals surface area (Å²) in [6.07, 6.45) is 1.90. The Labute approximate surface area is 135 Å². The Hall–Kier alpha value is -0.913. The summed E-state index contributed by atoms with van der Waals surface area (Å²) in [6.45, 7) is 19.0. The maximum absolute atomic E-state index is 11.4. The fourth-order valence-corrected chi connectivity index (χ4v) is 3.49. The van der Waals surface area contributed by atoms with E-state index < -0.39 is 8.32 Å². The van der Waals surface area contributed by atoms with Crippen LogP contribution < -0.4 is 0 Å². The summed E-state index contributed by atoms with van der Waals surface area (Å²) in [7, 11) is -0.550. The van der Waals surface area contributed by atoms with Crippen LogP contribution in [0.3, 0.4) is 0 Å². The molecule has 0 aliphatic carbocycles. The van der Waals surface area contributed by atoms with E-state index >= 15 is 0 Å². The van der Waals surface area contributed by atoms with Crippen LogP contribution in [0.25, 0.3) is 0 Å². The molecular weight excluding hydrogens is 296 g/mol. The first-order valence-electron chi connectivity index (χ1n) is 7.72. The predicted molar refractivity (Wildman–Crippen MR) is 91.3 cm³/mol. The Kier molecular flexibility index (Phi) is 6.18. The number of carbonyl (C=O) groups is 1. The molecule has 5 heteroatoms. The summed E-state index contributed by atoms with van der Waals surface area (Å²) in [4.78, 5) is 11.4. The first-order chi connectivity index (χ1) is 10.0. The van der Waals surface area contributed by atoms with Crippen molar-refractivity contribution in [3.63, 3.8) is 0 Å². The van der Waals surface area contributed by atoms with Gasteiger partial charge in [-0.2, -0.15) is 0 Å². The highest BCUT2D eigenvalue weighted by molar-refractivity contribution is 6.74. The lowest BCUT2D eigenvalue weighted by Gasteiger charge is -2.44. The summed E-state index contributed by atoms with van der Waals surface area (Å²) in [5.41, 5.74) is 0.967. The molecule has 1 heterocycles. The van der Waals surface area contributed by atoms with Crippen LogP contribution in [0.4, 0.5) is 0 Å². The van der Waals surface area contributed by atoms with Crippen LogP contribution in [0, 0.1) is 0 Å². The second-order valence-electron chi connectivity index (χ2n) is 7.40.